The second-order valence-corrected chi connectivity index (χ2v) is 4.38. The molecule has 6 heteroatoms. The number of hydrogen-bond acceptors (Lipinski definition) is 2. The first-order valence-electron chi connectivity index (χ1n) is 5.91. The second kappa shape index (κ2) is 5.55. The van der Waals surface area contributed by atoms with Crippen LogP contribution < -0.4 is 4.74 Å². The van der Waals surface area contributed by atoms with Crippen LogP contribution in [0.5, 0.6) is 11.5 Å². The summed E-state index contributed by atoms with van der Waals surface area (Å²) in [6.07, 6.45) is -4.55. The highest BCUT2D eigenvalue weighted by atomic mass is 19.4. The molecule has 2 nitrogen and oxygen atoms in total. The van der Waals surface area contributed by atoms with Gasteiger partial charge in [0.1, 0.15) is 17.3 Å². The molecule has 0 aliphatic carbocycles. The standard InChI is InChI=1S/C15H10F4O2/c1-9-2-4-12(7-14(9)16)21-11-5-3-10(8-20)13(6-11)15(17,18)19/h2-8H,1H3. The summed E-state index contributed by atoms with van der Waals surface area (Å²) in [7, 11) is 0. The Bertz CT molecular complexity index is 678. The Balaban J connectivity index is 2.36. The van der Waals surface area contributed by atoms with Gasteiger partial charge in [-0.05, 0) is 36.8 Å². The fourth-order valence-corrected chi connectivity index (χ4v) is 1.72. The quantitative estimate of drug-likeness (QED) is 0.603. The lowest BCUT2D eigenvalue weighted by atomic mass is 10.1. The molecule has 2 aromatic rings. The summed E-state index contributed by atoms with van der Waals surface area (Å²) in [5.74, 6) is -0.575. The molecule has 0 fully saturated rings. The summed E-state index contributed by atoms with van der Waals surface area (Å²) in [6.45, 7) is 1.56. The van der Waals surface area contributed by atoms with Crippen LogP contribution in [0.25, 0.3) is 0 Å². The van der Waals surface area contributed by atoms with Gasteiger partial charge in [0.25, 0.3) is 0 Å². The minimum Gasteiger partial charge on any atom is -0.457 e. The van der Waals surface area contributed by atoms with Crippen LogP contribution in [-0.4, -0.2) is 6.29 Å². The lowest BCUT2D eigenvalue weighted by molar-refractivity contribution is -0.137. The molecule has 0 saturated carbocycles. The molecule has 2 rings (SSSR count). The minimum absolute atomic E-state index is 0.0741. The minimum atomic E-state index is -4.67. The van der Waals surface area contributed by atoms with E-state index in [2.05, 4.69) is 0 Å². The van der Waals surface area contributed by atoms with Crippen LogP contribution in [-0.2, 0) is 6.18 Å². The van der Waals surface area contributed by atoms with E-state index in [0.29, 0.717) is 11.6 Å². The van der Waals surface area contributed by atoms with Gasteiger partial charge in [0.2, 0.25) is 0 Å². The molecule has 2 aromatic carbocycles. The molecule has 21 heavy (non-hydrogen) atoms. The Hall–Kier alpha value is -2.37. The van der Waals surface area contributed by atoms with Crippen molar-refractivity contribution >= 4 is 6.29 Å². The second-order valence-electron chi connectivity index (χ2n) is 4.38. The third-order valence-electron chi connectivity index (χ3n) is 2.84. The molecule has 0 radical (unpaired) electrons. The average molecular weight is 298 g/mol. The monoisotopic (exact) mass is 298 g/mol. The molecule has 0 unspecified atom stereocenters. The van der Waals surface area contributed by atoms with Crippen molar-refractivity contribution in [2.24, 2.45) is 0 Å². The van der Waals surface area contributed by atoms with Gasteiger partial charge in [0, 0.05) is 11.6 Å². The van der Waals surface area contributed by atoms with Crippen molar-refractivity contribution in [2.45, 2.75) is 13.1 Å². The normalized spacial score (nSPS) is 11.3. The van der Waals surface area contributed by atoms with E-state index in [-0.39, 0.29) is 17.8 Å². The number of hydrogen-bond donors (Lipinski definition) is 0. The molecule has 0 saturated heterocycles. The van der Waals surface area contributed by atoms with Gasteiger partial charge in [-0.3, -0.25) is 4.79 Å². The number of alkyl halides is 3. The number of halogens is 4. The molecule has 0 aliphatic rings. The zero-order chi connectivity index (χ0) is 15.6. The van der Waals surface area contributed by atoms with Gasteiger partial charge in [0.15, 0.2) is 6.29 Å². The fraction of sp³-hybridized carbons (Fsp3) is 0.133. The van der Waals surface area contributed by atoms with E-state index in [1.165, 1.54) is 18.2 Å². The SMILES string of the molecule is Cc1ccc(Oc2ccc(C=O)c(C(F)(F)F)c2)cc1F. The third-order valence-corrected chi connectivity index (χ3v) is 2.84. The first kappa shape index (κ1) is 15.0. The highest BCUT2D eigenvalue weighted by Crippen LogP contribution is 2.35. The largest absolute Gasteiger partial charge is 0.457 e. The van der Waals surface area contributed by atoms with Crippen molar-refractivity contribution < 1.29 is 27.1 Å². The van der Waals surface area contributed by atoms with Gasteiger partial charge in [-0.25, -0.2) is 4.39 Å². The molecule has 0 amide bonds. The Morgan fingerprint density at radius 3 is 2.24 bits per heavy atom. The molecule has 0 N–H and O–H groups in total. The summed E-state index contributed by atoms with van der Waals surface area (Å²) in [5.41, 5.74) is -1.18. The van der Waals surface area contributed by atoms with E-state index in [1.54, 1.807) is 6.92 Å². The maximum absolute atomic E-state index is 13.4. The number of aryl methyl sites for hydroxylation is 1. The molecular formula is C15H10F4O2. The van der Waals surface area contributed by atoms with Gasteiger partial charge in [-0.2, -0.15) is 13.2 Å². The maximum atomic E-state index is 13.4. The number of rotatable bonds is 3. The molecular weight excluding hydrogens is 288 g/mol. The van der Waals surface area contributed by atoms with Crippen LogP contribution in [0, 0.1) is 12.7 Å². The number of aldehydes is 1. The average Bonchev–Trinajstić information content (AvgIpc) is 2.42. The summed E-state index contributed by atoms with van der Waals surface area (Å²) >= 11 is 0. The molecule has 0 aromatic heterocycles. The topological polar surface area (TPSA) is 26.3 Å². The van der Waals surface area contributed by atoms with Gasteiger partial charge in [0.05, 0.1) is 5.56 Å². The smallest absolute Gasteiger partial charge is 0.417 e. The Morgan fingerprint density at radius 2 is 1.67 bits per heavy atom. The van der Waals surface area contributed by atoms with E-state index in [4.69, 9.17) is 4.74 Å². The predicted octanol–water partition coefficient (Wildman–Crippen LogP) is 4.76. The van der Waals surface area contributed by atoms with Gasteiger partial charge in [-0.15, -0.1) is 0 Å². The number of benzene rings is 2. The van der Waals surface area contributed by atoms with E-state index < -0.39 is 23.1 Å². The number of carbonyl (C=O) groups is 1. The first-order chi connectivity index (χ1) is 9.81. The van der Waals surface area contributed by atoms with Crippen LogP contribution >= 0.6 is 0 Å². The van der Waals surface area contributed by atoms with Gasteiger partial charge < -0.3 is 4.74 Å². The van der Waals surface area contributed by atoms with E-state index >= 15 is 0 Å². The zero-order valence-electron chi connectivity index (χ0n) is 10.9. The first-order valence-corrected chi connectivity index (χ1v) is 5.91. The van der Waals surface area contributed by atoms with Crippen molar-refractivity contribution in [3.05, 3.63) is 58.9 Å². The van der Waals surface area contributed by atoms with Crippen molar-refractivity contribution in [3.63, 3.8) is 0 Å². The van der Waals surface area contributed by atoms with Crippen LogP contribution in [0.15, 0.2) is 36.4 Å². The van der Waals surface area contributed by atoms with E-state index in [1.807, 2.05) is 0 Å². The predicted molar refractivity (Wildman–Crippen MR) is 68.0 cm³/mol. The molecule has 0 heterocycles. The van der Waals surface area contributed by atoms with Crippen LogP contribution in [0.3, 0.4) is 0 Å². The van der Waals surface area contributed by atoms with Crippen molar-refractivity contribution in [2.75, 3.05) is 0 Å². The Labute approximate surface area is 118 Å². The molecule has 0 atom stereocenters. The molecule has 0 aliphatic heterocycles. The van der Waals surface area contributed by atoms with E-state index in [0.717, 1.165) is 12.1 Å². The summed E-state index contributed by atoms with van der Waals surface area (Å²) in [6, 6.07) is 6.92. The van der Waals surface area contributed by atoms with Crippen LogP contribution in [0.2, 0.25) is 0 Å². The number of carbonyl (C=O) groups excluding carboxylic acids is 1. The highest BCUT2D eigenvalue weighted by molar-refractivity contribution is 5.78. The Kier molecular flexibility index (Phi) is 3.97. The van der Waals surface area contributed by atoms with E-state index in [9.17, 15) is 22.4 Å². The lowest BCUT2D eigenvalue weighted by Crippen LogP contribution is -2.09. The van der Waals surface area contributed by atoms with Crippen molar-refractivity contribution in [1.29, 1.82) is 0 Å². The van der Waals surface area contributed by atoms with Gasteiger partial charge in [-0.1, -0.05) is 6.07 Å². The van der Waals surface area contributed by atoms with Gasteiger partial charge >= 0.3 is 6.18 Å². The van der Waals surface area contributed by atoms with Crippen LogP contribution in [0.4, 0.5) is 17.6 Å². The lowest BCUT2D eigenvalue weighted by Gasteiger charge is -2.12. The zero-order valence-corrected chi connectivity index (χ0v) is 10.9. The van der Waals surface area contributed by atoms with Crippen molar-refractivity contribution in [3.8, 4) is 11.5 Å². The molecule has 0 bridgehead atoms. The van der Waals surface area contributed by atoms with Crippen molar-refractivity contribution in [1.82, 2.24) is 0 Å². The maximum Gasteiger partial charge on any atom is 0.417 e. The summed E-state index contributed by atoms with van der Waals surface area (Å²) in [5, 5.41) is 0. The fourth-order valence-electron chi connectivity index (χ4n) is 1.72. The Morgan fingerprint density at radius 1 is 1.05 bits per heavy atom. The summed E-state index contributed by atoms with van der Waals surface area (Å²) < 4.78 is 56.9. The molecule has 0 spiro atoms. The third kappa shape index (κ3) is 3.39. The summed E-state index contributed by atoms with van der Waals surface area (Å²) in [4.78, 5) is 10.6. The molecule has 110 valence electrons. The van der Waals surface area contributed by atoms with Crippen LogP contribution in [0.1, 0.15) is 21.5 Å². The number of ether oxygens (including phenoxy) is 1. The highest BCUT2D eigenvalue weighted by Gasteiger charge is 2.33.